The Morgan fingerprint density at radius 3 is 2.10 bits per heavy atom. The van der Waals surface area contributed by atoms with Crippen LogP contribution in [0.5, 0.6) is 11.5 Å². The van der Waals surface area contributed by atoms with Gasteiger partial charge in [-0.1, -0.05) is 19.9 Å². The van der Waals surface area contributed by atoms with E-state index in [0.29, 0.717) is 18.4 Å². The van der Waals surface area contributed by atoms with Gasteiger partial charge in [0.05, 0.1) is 0 Å². The Bertz CT molecular complexity index is 777. The third-order valence-corrected chi connectivity index (χ3v) is 3.96. The SMILES string of the molecule is CCCC(=O)Oc1ccc(C[C@H](N)C(=O)O[C@H](C)COC(C)=O)cc1OC(=O)CCC. The maximum absolute atomic E-state index is 12.2. The van der Waals surface area contributed by atoms with Gasteiger partial charge in [-0.25, -0.2) is 0 Å². The Kier molecular flexibility index (Phi) is 11.3. The van der Waals surface area contributed by atoms with Crippen LogP contribution in [0.1, 0.15) is 58.9 Å². The zero-order valence-electron chi connectivity index (χ0n) is 18.5. The highest BCUT2D eigenvalue weighted by atomic mass is 16.6. The molecule has 0 radical (unpaired) electrons. The Morgan fingerprint density at radius 2 is 1.55 bits per heavy atom. The third-order valence-electron chi connectivity index (χ3n) is 3.96. The smallest absolute Gasteiger partial charge is 0.323 e. The van der Waals surface area contributed by atoms with Gasteiger partial charge in [-0.05, 0) is 43.9 Å². The molecule has 0 spiro atoms. The highest BCUT2D eigenvalue weighted by Gasteiger charge is 2.21. The van der Waals surface area contributed by atoms with Crippen LogP contribution < -0.4 is 15.2 Å². The number of hydrogen-bond donors (Lipinski definition) is 1. The van der Waals surface area contributed by atoms with E-state index in [-0.39, 0.29) is 37.4 Å². The second-order valence-corrected chi connectivity index (χ2v) is 7.09. The minimum atomic E-state index is -0.993. The van der Waals surface area contributed by atoms with Crippen molar-refractivity contribution in [2.45, 2.75) is 71.9 Å². The normalized spacial score (nSPS) is 12.4. The predicted molar refractivity (Wildman–Crippen MR) is 111 cm³/mol. The van der Waals surface area contributed by atoms with Gasteiger partial charge in [-0.15, -0.1) is 0 Å². The molecule has 0 unspecified atom stereocenters. The van der Waals surface area contributed by atoms with Crippen LogP contribution in [0.15, 0.2) is 18.2 Å². The molecule has 2 N–H and O–H groups in total. The van der Waals surface area contributed by atoms with Gasteiger partial charge >= 0.3 is 23.9 Å². The van der Waals surface area contributed by atoms with E-state index in [2.05, 4.69) is 0 Å². The van der Waals surface area contributed by atoms with E-state index < -0.39 is 36.0 Å². The summed E-state index contributed by atoms with van der Waals surface area (Å²) in [5.41, 5.74) is 6.52. The van der Waals surface area contributed by atoms with E-state index in [1.807, 2.05) is 13.8 Å². The molecule has 1 rings (SSSR count). The molecule has 2 atom stereocenters. The minimum absolute atomic E-state index is 0.0663. The Hall–Kier alpha value is -2.94. The first kappa shape index (κ1) is 26.1. The highest BCUT2D eigenvalue weighted by molar-refractivity contribution is 5.77. The molecule has 1 aromatic carbocycles. The predicted octanol–water partition coefficient (Wildman–Crippen LogP) is 2.46. The van der Waals surface area contributed by atoms with Crippen molar-refractivity contribution >= 4 is 23.9 Å². The lowest BCUT2D eigenvalue weighted by Crippen LogP contribution is -2.37. The first-order valence-corrected chi connectivity index (χ1v) is 10.3. The molecule has 1 aromatic rings. The van der Waals surface area contributed by atoms with Gasteiger partial charge in [0.1, 0.15) is 18.8 Å². The summed E-state index contributed by atoms with van der Waals surface area (Å²) < 4.78 is 20.6. The molecule has 0 heterocycles. The Morgan fingerprint density at radius 1 is 0.968 bits per heavy atom. The number of carbonyl (C=O) groups excluding carboxylic acids is 4. The zero-order chi connectivity index (χ0) is 23.4. The summed E-state index contributed by atoms with van der Waals surface area (Å²) in [6.45, 7) is 6.46. The third kappa shape index (κ3) is 10.1. The van der Waals surface area contributed by atoms with Gasteiger partial charge in [0, 0.05) is 19.8 Å². The summed E-state index contributed by atoms with van der Waals surface area (Å²) in [5, 5.41) is 0. The van der Waals surface area contributed by atoms with Crippen LogP contribution in [0, 0.1) is 0 Å². The fourth-order valence-corrected chi connectivity index (χ4v) is 2.49. The van der Waals surface area contributed by atoms with Crippen molar-refractivity contribution in [1.29, 1.82) is 0 Å². The molecule has 0 amide bonds. The average molecular weight is 437 g/mol. The number of carbonyl (C=O) groups is 4. The van der Waals surface area contributed by atoms with E-state index in [9.17, 15) is 19.2 Å². The first-order chi connectivity index (χ1) is 14.7. The highest BCUT2D eigenvalue weighted by Crippen LogP contribution is 2.30. The average Bonchev–Trinajstić information content (AvgIpc) is 2.68. The number of ether oxygens (including phenoxy) is 4. The summed E-state index contributed by atoms with van der Waals surface area (Å²) in [7, 11) is 0. The largest absolute Gasteiger partial charge is 0.462 e. The van der Waals surface area contributed by atoms with Gasteiger partial charge in [-0.2, -0.15) is 0 Å². The molecule has 0 aliphatic carbocycles. The van der Waals surface area contributed by atoms with Crippen LogP contribution in [0.2, 0.25) is 0 Å². The number of rotatable bonds is 12. The molecular formula is C22H31NO8. The van der Waals surface area contributed by atoms with Crippen molar-refractivity contribution in [3.63, 3.8) is 0 Å². The summed E-state index contributed by atoms with van der Waals surface area (Å²) in [5.74, 6) is -1.83. The standard InChI is InChI=1S/C22H31NO8/c1-5-7-20(25)30-18-10-9-16(12-19(18)31-21(26)8-6-2)11-17(23)22(27)29-14(3)13-28-15(4)24/h9-10,12,14,17H,5-8,11,13,23H2,1-4H3/t14-,17+/m1/s1. The van der Waals surface area contributed by atoms with Crippen LogP contribution in [-0.2, 0) is 35.1 Å². The zero-order valence-corrected chi connectivity index (χ0v) is 18.5. The molecule has 9 heteroatoms. The van der Waals surface area contributed by atoms with E-state index in [1.165, 1.54) is 19.1 Å². The number of esters is 4. The molecule has 0 fully saturated rings. The molecule has 0 saturated carbocycles. The molecule has 172 valence electrons. The van der Waals surface area contributed by atoms with Crippen molar-refractivity contribution in [3.8, 4) is 11.5 Å². The van der Waals surface area contributed by atoms with E-state index in [1.54, 1.807) is 13.0 Å². The maximum Gasteiger partial charge on any atom is 0.323 e. The molecule has 9 nitrogen and oxygen atoms in total. The van der Waals surface area contributed by atoms with E-state index in [0.717, 1.165) is 0 Å². The van der Waals surface area contributed by atoms with E-state index in [4.69, 9.17) is 24.7 Å². The molecule has 0 bridgehead atoms. The summed E-state index contributed by atoms with van der Waals surface area (Å²) >= 11 is 0. The lowest BCUT2D eigenvalue weighted by Gasteiger charge is -2.17. The van der Waals surface area contributed by atoms with Crippen LogP contribution >= 0.6 is 0 Å². The van der Waals surface area contributed by atoms with Crippen molar-refractivity contribution in [1.82, 2.24) is 0 Å². The van der Waals surface area contributed by atoms with Gasteiger partial charge in [-0.3, -0.25) is 19.2 Å². The van der Waals surface area contributed by atoms with Crippen molar-refractivity contribution < 1.29 is 38.1 Å². The van der Waals surface area contributed by atoms with Crippen LogP contribution in [0.25, 0.3) is 0 Å². The van der Waals surface area contributed by atoms with Crippen LogP contribution in [0.4, 0.5) is 0 Å². The van der Waals surface area contributed by atoms with E-state index >= 15 is 0 Å². The molecule has 0 aromatic heterocycles. The van der Waals surface area contributed by atoms with Crippen molar-refractivity contribution in [2.75, 3.05) is 6.61 Å². The number of hydrogen-bond acceptors (Lipinski definition) is 9. The summed E-state index contributed by atoms with van der Waals surface area (Å²) in [6, 6.07) is 3.64. The monoisotopic (exact) mass is 437 g/mol. The molecule has 0 saturated heterocycles. The quantitative estimate of drug-likeness (QED) is 0.387. The van der Waals surface area contributed by atoms with Gasteiger partial charge in [0.15, 0.2) is 11.5 Å². The topological polar surface area (TPSA) is 131 Å². The molecule has 0 aliphatic rings. The van der Waals surface area contributed by atoms with Crippen molar-refractivity contribution in [2.24, 2.45) is 5.73 Å². The lowest BCUT2D eigenvalue weighted by molar-refractivity contribution is -0.157. The molecule has 31 heavy (non-hydrogen) atoms. The molecular weight excluding hydrogens is 406 g/mol. The van der Waals surface area contributed by atoms with Crippen LogP contribution in [-0.4, -0.2) is 42.6 Å². The Balaban J connectivity index is 2.88. The van der Waals surface area contributed by atoms with Crippen molar-refractivity contribution in [3.05, 3.63) is 23.8 Å². The molecule has 0 aliphatic heterocycles. The fourth-order valence-electron chi connectivity index (χ4n) is 2.49. The summed E-state index contributed by atoms with van der Waals surface area (Å²) in [4.78, 5) is 46.8. The number of nitrogens with two attached hydrogens (primary N) is 1. The second-order valence-electron chi connectivity index (χ2n) is 7.09. The minimum Gasteiger partial charge on any atom is -0.462 e. The van der Waals surface area contributed by atoms with Gasteiger partial charge in [0.25, 0.3) is 0 Å². The Labute approximate surface area is 182 Å². The lowest BCUT2D eigenvalue weighted by atomic mass is 10.1. The van der Waals surface area contributed by atoms with Gasteiger partial charge in [0.2, 0.25) is 0 Å². The summed E-state index contributed by atoms with van der Waals surface area (Å²) in [6.07, 6.45) is 1.11. The maximum atomic E-state index is 12.2. The van der Waals surface area contributed by atoms with Crippen LogP contribution in [0.3, 0.4) is 0 Å². The van der Waals surface area contributed by atoms with Gasteiger partial charge < -0.3 is 24.7 Å². The second kappa shape index (κ2) is 13.4. The fraction of sp³-hybridized carbons (Fsp3) is 0.545. The number of benzene rings is 1. The first-order valence-electron chi connectivity index (χ1n) is 10.3.